The van der Waals surface area contributed by atoms with Crippen LogP contribution in [0.1, 0.15) is 45.6 Å². The van der Waals surface area contributed by atoms with Crippen molar-refractivity contribution in [1.29, 1.82) is 0 Å². The summed E-state index contributed by atoms with van der Waals surface area (Å²) in [6.45, 7) is 7.99. The van der Waals surface area contributed by atoms with E-state index < -0.39 is 0 Å². The van der Waals surface area contributed by atoms with E-state index in [0.29, 0.717) is 39.0 Å². The average molecular weight is 303 g/mol. The van der Waals surface area contributed by atoms with Gasteiger partial charge in [-0.05, 0) is 23.1 Å². The van der Waals surface area contributed by atoms with Crippen molar-refractivity contribution < 1.29 is 14.3 Å². The van der Waals surface area contributed by atoms with Crippen LogP contribution in [0.5, 0.6) is 5.75 Å². The molecule has 1 aromatic carbocycles. The first kappa shape index (κ1) is 16.5. The minimum atomic E-state index is 0.0683. The molecule has 1 saturated heterocycles. The predicted molar refractivity (Wildman–Crippen MR) is 86.1 cm³/mol. The summed E-state index contributed by atoms with van der Waals surface area (Å²) in [6, 6.07) is 8.02. The lowest BCUT2D eigenvalue weighted by Gasteiger charge is -2.26. The van der Waals surface area contributed by atoms with Gasteiger partial charge >= 0.3 is 0 Å². The van der Waals surface area contributed by atoms with Crippen molar-refractivity contribution in [2.75, 3.05) is 19.7 Å². The lowest BCUT2D eigenvalue weighted by Crippen LogP contribution is -2.39. The van der Waals surface area contributed by atoms with Crippen LogP contribution in [-0.2, 0) is 15.0 Å². The maximum Gasteiger partial charge on any atom is 0.226 e. The van der Waals surface area contributed by atoms with E-state index in [1.165, 1.54) is 5.56 Å². The van der Waals surface area contributed by atoms with Crippen LogP contribution in [0.2, 0.25) is 0 Å². The Balaban J connectivity index is 1.76. The molecule has 0 atom stereocenters. The normalized spacial score (nSPS) is 15.8. The van der Waals surface area contributed by atoms with Gasteiger partial charge < -0.3 is 9.64 Å². The van der Waals surface area contributed by atoms with Gasteiger partial charge in [-0.1, -0.05) is 32.9 Å². The first-order valence-electron chi connectivity index (χ1n) is 7.89. The van der Waals surface area contributed by atoms with E-state index in [1.54, 1.807) is 4.90 Å². The Morgan fingerprint density at radius 2 is 1.73 bits per heavy atom. The minimum absolute atomic E-state index is 0.0683. The Labute approximate surface area is 132 Å². The minimum Gasteiger partial charge on any atom is -0.493 e. The molecule has 0 unspecified atom stereocenters. The highest BCUT2D eigenvalue weighted by molar-refractivity contribution is 5.83. The summed E-state index contributed by atoms with van der Waals surface area (Å²) in [5.74, 6) is 1.10. The maximum atomic E-state index is 12.0. The van der Waals surface area contributed by atoms with Crippen molar-refractivity contribution in [3.63, 3.8) is 0 Å². The molecule has 0 bridgehead atoms. The first-order valence-corrected chi connectivity index (χ1v) is 7.89. The van der Waals surface area contributed by atoms with Crippen molar-refractivity contribution in [3.8, 4) is 5.75 Å². The molecule has 0 N–H and O–H groups in total. The van der Waals surface area contributed by atoms with Crippen LogP contribution in [0.3, 0.4) is 0 Å². The molecule has 1 aliphatic heterocycles. The van der Waals surface area contributed by atoms with Gasteiger partial charge in [0.25, 0.3) is 0 Å². The van der Waals surface area contributed by atoms with Crippen molar-refractivity contribution in [2.24, 2.45) is 0 Å². The van der Waals surface area contributed by atoms with Crippen molar-refractivity contribution in [1.82, 2.24) is 4.90 Å². The van der Waals surface area contributed by atoms with Gasteiger partial charge in [0, 0.05) is 25.9 Å². The fraction of sp³-hybridized carbons (Fsp3) is 0.556. The standard InChI is InChI=1S/C18H25NO3/c1-18(2,3)14-4-6-16(7-5-14)22-13-10-17(21)19-11-8-15(20)9-12-19/h4-7H,8-13H2,1-3H3. The molecule has 120 valence electrons. The van der Waals surface area contributed by atoms with E-state index in [1.807, 2.05) is 12.1 Å². The largest absolute Gasteiger partial charge is 0.493 e. The van der Waals surface area contributed by atoms with Crippen LogP contribution in [0, 0.1) is 0 Å². The number of hydrogen-bond donors (Lipinski definition) is 0. The Hall–Kier alpha value is -1.84. The molecule has 1 aromatic rings. The number of ketones is 1. The van der Waals surface area contributed by atoms with Crippen molar-refractivity contribution in [3.05, 3.63) is 29.8 Å². The average Bonchev–Trinajstić information content (AvgIpc) is 2.47. The number of carbonyl (C=O) groups is 2. The predicted octanol–water partition coefficient (Wildman–Crippen LogP) is 2.94. The molecule has 1 heterocycles. The molecule has 1 fully saturated rings. The summed E-state index contributed by atoms with van der Waals surface area (Å²) >= 11 is 0. The smallest absolute Gasteiger partial charge is 0.226 e. The molecule has 4 nitrogen and oxygen atoms in total. The molecule has 0 radical (unpaired) electrons. The highest BCUT2D eigenvalue weighted by Gasteiger charge is 2.20. The van der Waals surface area contributed by atoms with Gasteiger partial charge in [0.1, 0.15) is 11.5 Å². The van der Waals surface area contributed by atoms with Crippen molar-refractivity contribution in [2.45, 2.75) is 45.4 Å². The fourth-order valence-corrected chi connectivity index (χ4v) is 2.47. The monoisotopic (exact) mass is 303 g/mol. The van der Waals surface area contributed by atoms with Gasteiger partial charge in [-0.25, -0.2) is 0 Å². The van der Waals surface area contributed by atoms with Gasteiger partial charge in [0.05, 0.1) is 13.0 Å². The number of rotatable bonds is 4. The van der Waals surface area contributed by atoms with Crippen LogP contribution in [0.4, 0.5) is 0 Å². The second kappa shape index (κ2) is 6.95. The number of Topliss-reactive ketones (excluding diaryl/α,β-unsaturated/α-hetero) is 1. The molecule has 1 amide bonds. The van der Waals surface area contributed by atoms with Crippen LogP contribution in [0.25, 0.3) is 0 Å². The van der Waals surface area contributed by atoms with Gasteiger partial charge in [0.15, 0.2) is 0 Å². The highest BCUT2D eigenvalue weighted by Crippen LogP contribution is 2.24. The Kier molecular flexibility index (Phi) is 5.22. The third-order valence-electron chi connectivity index (χ3n) is 3.98. The summed E-state index contributed by atoms with van der Waals surface area (Å²) < 4.78 is 5.64. The molecule has 0 aromatic heterocycles. The van der Waals surface area contributed by atoms with E-state index >= 15 is 0 Å². The van der Waals surface area contributed by atoms with Crippen LogP contribution < -0.4 is 4.74 Å². The Bertz CT molecular complexity index is 518. The topological polar surface area (TPSA) is 46.6 Å². The van der Waals surface area contributed by atoms with E-state index in [-0.39, 0.29) is 17.1 Å². The second-order valence-corrected chi connectivity index (χ2v) is 6.79. The Morgan fingerprint density at radius 1 is 1.14 bits per heavy atom. The lowest BCUT2D eigenvalue weighted by atomic mass is 9.87. The number of ether oxygens (including phenoxy) is 1. The third-order valence-corrected chi connectivity index (χ3v) is 3.98. The number of likely N-dealkylation sites (tertiary alicyclic amines) is 1. The van der Waals surface area contributed by atoms with Gasteiger partial charge in [-0.3, -0.25) is 9.59 Å². The zero-order valence-corrected chi connectivity index (χ0v) is 13.7. The number of benzene rings is 1. The molecule has 0 spiro atoms. The zero-order valence-electron chi connectivity index (χ0n) is 13.7. The first-order chi connectivity index (χ1) is 10.4. The number of hydrogen-bond acceptors (Lipinski definition) is 3. The molecule has 4 heteroatoms. The number of nitrogens with zero attached hydrogens (tertiary/aromatic N) is 1. The van der Waals surface area contributed by atoms with Gasteiger partial charge in [0.2, 0.25) is 5.91 Å². The SMILES string of the molecule is CC(C)(C)c1ccc(OCCC(=O)N2CCC(=O)CC2)cc1. The van der Waals surface area contributed by atoms with E-state index in [9.17, 15) is 9.59 Å². The van der Waals surface area contributed by atoms with E-state index in [0.717, 1.165) is 5.75 Å². The highest BCUT2D eigenvalue weighted by atomic mass is 16.5. The number of piperidine rings is 1. The van der Waals surface area contributed by atoms with E-state index in [2.05, 4.69) is 32.9 Å². The quantitative estimate of drug-likeness (QED) is 0.859. The summed E-state index contributed by atoms with van der Waals surface area (Å²) in [5, 5.41) is 0. The molecule has 2 rings (SSSR count). The molecule has 0 aliphatic carbocycles. The Morgan fingerprint density at radius 3 is 2.27 bits per heavy atom. The van der Waals surface area contributed by atoms with E-state index in [4.69, 9.17) is 4.74 Å². The molecule has 0 saturated carbocycles. The van der Waals surface area contributed by atoms with Crippen LogP contribution in [-0.4, -0.2) is 36.3 Å². The molecule has 1 aliphatic rings. The maximum absolute atomic E-state index is 12.0. The van der Waals surface area contributed by atoms with Gasteiger partial charge in [-0.15, -0.1) is 0 Å². The summed E-state index contributed by atoms with van der Waals surface area (Å²) in [5.41, 5.74) is 1.38. The summed E-state index contributed by atoms with van der Waals surface area (Å²) in [6.07, 6.45) is 1.33. The number of amides is 1. The lowest BCUT2D eigenvalue weighted by molar-refractivity contribution is -0.134. The second-order valence-electron chi connectivity index (χ2n) is 6.79. The zero-order chi connectivity index (χ0) is 16.2. The number of carbonyl (C=O) groups excluding carboxylic acids is 2. The molecule has 22 heavy (non-hydrogen) atoms. The van der Waals surface area contributed by atoms with Crippen molar-refractivity contribution >= 4 is 11.7 Å². The molecular formula is C18H25NO3. The third kappa shape index (κ3) is 4.58. The fourth-order valence-electron chi connectivity index (χ4n) is 2.47. The van der Waals surface area contributed by atoms with Gasteiger partial charge in [-0.2, -0.15) is 0 Å². The summed E-state index contributed by atoms with van der Waals surface area (Å²) in [7, 11) is 0. The van der Waals surface area contributed by atoms with Crippen LogP contribution >= 0.6 is 0 Å². The molecular weight excluding hydrogens is 278 g/mol. The van der Waals surface area contributed by atoms with Crippen LogP contribution in [0.15, 0.2) is 24.3 Å². The summed E-state index contributed by atoms with van der Waals surface area (Å²) in [4.78, 5) is 24.9.